The van der Waals surface area contributed by atoms with Gasteiger partial charge in [-0.3, -0.25) is 4.79 Å². The van der Waals surface area contributed by atoms with E-state index in [0.29, 0.717) is 11.5 Å². The van der Waals surface area contributed by atoms with Crippen LogP contribution in [0.4, 0.5) is 5.82 Å². The molecule has 5 nitrogen and oxygen atoms in total. The molecular weight excluding hydrogens is 216 g/mol. The van der Waals surface area contributed by atoms with E-state index in [1.165, 1.54) is 0 Å². The highest BCUT2D eigenvalue weighted by Gasteiger charge is 2.24. The summed E-state index contributed by atoms with van der Waals surface area (Å²) in [7, 11) is 0. The number of piperidine rings is 1. The third-order valence-corrected chi connectivity index (χ3v) is 3.37. The standard InChI is InChI=1S/C12H18N4O/c1-8-3-5-16(7-10(8)13)11-6-9(12(14)17)2-4-15-11/h2,4,6,8,10H,3,5,7,13H2,1H3,(H2,14,17). The molecule has 5 heteroatoms. The van der Waals surface area contributed by atoms with E-state index in [9.17, 15) is 4.79 Å². The summed E-state index contributed by atoms with van der Waals surface area (Å²) >= 11 is 0. The molecule has 1 fully saturated rings. The van der Waals surface area contributed by atoms with Gasteiger partial charge in [0.1, 0.15) is 5.82 Å². The molecule has 1 aliphatic rings. The van der Waals surface area contributed by atoms with E-state index < -0.39 is 5.91 Å². The summed E-state index contributed by atoms with van der Waals surface area (Å²) in [4.78, 5) is 17.5. The van der Waals surface area contributed by atoms with Gasteiger partial charge in [0.25, 0.3) is 0 Å². The highest BCUT2D eigenvalue weighted by Crippen LogP contribution is 2.21. The zero-order valence-corrected chi connectivity index (χ0v) is 9.97. The van der Waals surface area contributed by atoms with Crippen LogP contribution in [0.2, 0.25) is 0 Å². The van der Waals surface area contributed by atoms with Gasteiger partial charge in [0.15, 0.2) is 0 Å². The summed E-state index contributed by atoms with van der Waals surface area (Å²) in [6.07, 6.45) is 2.66. The lowest BCUT2D eigenvalue weighted by molar-refractivity contribution is 0.1000. The van der Waals surface area contributed by atoms with E-state index in [0.717, 1.165) is 25.3 Å². The lowest BCUT2D eigenvalue weighted by Gasteiger charge is -2.35. The molecule has 0 bridgehead atoms. The van der Waals surface area contributed by atoms with Crippen molar-refractivity contribution in [2.45, 2.75) is 19.4 Å². The summed E-state index contributed by atoms with van der Waals surface area (Å²) in [5.41, 5.74) is 11.8. The van der Waals surface area contributed by atoms with Crippen LogP contribution < -0.4 is 16.4 Å². The Labute approximate surface area is 101 Å². The van der Waals surface area contributed by atoms with E-state index in [1.54, 1.807) is 18.3 Å². The number of aromatic nitrogens is 1. The normalized spacial score (nSPS) is 24.7. The average Bonchev–Trinajstić information content (AvgIpc) is 2.33. The van der Waals surface area contributed by atoms with Crippen molar-refractivity contribution in [3.63, 3.8) is 0 Å². The fourth-order valence-corrected chi connectivity index (χ4v) is 2.05. The lowest BCUT2D eigenvalue weighted by Crippen LogP contribution is -2.47. The SMILES string of the molecule is CC1CCN(c2cc(C(N)=O)ccn2)CC1N. The van der Waals surface area contributed by atoms with Gasteiger partial charge in [-0.15, -0.1) is 0 Å². The number of carbonyl (C=O) groups is 1. The number of primary amides is 1. The number of hydrogen-bond donors (Lipinski definition) is 2. The molecule has 1 aromatic heterocycles. The fraction of sp³-hybridized carbons (Fsp3) is 0.500. The van der Waals surface area contributed by atoms with Crippen LogP contribution in [0.1, 0.15) is 23.7 Å². The predicted octanol–water partition coefficient (Wildman–Crippen LogP) is 0.354. The Bertz CT molecular complexity index is 421. The monoisotopic (exact) mass is 234 g/mol. The first kappa shape index (κ1) is 11.9. The van der Waals surface area contributed by atoms with Gasteiger partial charge in [0.05, 0.1) is 0 Å². The second-order valence-corrected chi connectivity index (χ2v) is 4.64. The van der Waals surface area contributed by atoms with E-state index >= 15 is 0 Å². The minimum absolute atomic E-state index is 0.155. The maximum absolute atomic E-state index is 11.1. The molecule has 2 heterocycles. The molecule has 0 aliphatic carbocycles. The molecule has 4 N–H and O–H groups in total. The van der Waals surface area contributed by atoms with E-state index in [-0.39, 0.29) is 6.04 Å². The molecule has 1 amide bonds. The molecule has 2 unspecified atom stereocenters. The van der Waals surface area contributed by atoms with Gasteiger partial charge >= 0.3 is 0 Å². The quantitative estimate of drug-likeness (QED) is 0.773. The Hall–Kier alpha value is -1.62. The fourth-order valence-electron chi connectivity index (χ4n) is 2.05. The zero-order valence-electron chi connectivity index (χ0n) is 9.97. The molecular formula is C12H18N4O. The Morgan fingerprint density at radius 2 is 2.35 bits per heavy atom. The van der Waals surface area contributed by atoms with Gasteiger partial charge in [-0.1, -0.05) is 6.92 Å². The lowest BCUT2D eigenvalue weighted by atomic mass is 9.94. The predicted molar refractivity (Wildman–Crippen MR) is 66.7 cm³/mol. The number of amides is 1. The zero-order chi connectivity index (χ0) is 12.4. The van der Waals surface area contributed by atoms with Crippen LogP contribution >= 0.6 is 0 Å². The molecule has 92 valence electrons. The van der Waals surface area contributed by atoms with Crippen LogP contribution in [0.15, 0.2) is 18.3 Å². The van der Waals surface area contributed by atoms with Crippen molar-refractivity contribution >= 4 is 11.7 Å². The molecule has 1 aromatic rings. The summed E-state index contributed by atoms with van der Waals surface area (Å²) in [5.74, 6) is 0.887. The number of rotatable bonds is 2. The van der Waals surface area contributed by atoms with Crippen LogP contribution in [-0.2, 0) is 0 Å². The van der Waals surface area contributed by atoms with E-state index in [4.69, 9.17) is 11.5 Å². The van der Waals surface area contributed by atoms with E-state index in [1.807, 2.05) is 0 Å². The second kappa shape index (κ2) is 4.71. The summed E-state index contributed by atoms with van der Waals surface area (Å²) in [6, 6.07) is 3.51. The van der Waals surface area contributed by atoms with Crippen LogP contribution in [0.25, 0.3) is 0 Å². The van der Waals surface area contributed by atoms with Crippen LogP contribution in [0, 0.1) is 5.92 Å². The van der Waals surface area contributed by atoms with Crippen molar-refractivity contribution in [1.82, 2.24) is 4.98 Å². The first-order valence-electron chi connectivity index (χ1n) is 5.84. The maximum Gasteiger partial charge on any atom is 0.248 e. The number of pyridine rings is 1. The molecule has 2 atom stereocenters. The summed E-state index contributed by atoms with van der Waals surface area (Å²) in [6.45, 7) is 3.86. The highest BCUT2D eigenvalue weighted by atomic mass is 16.1. The third kappa shape index (κ3) is 2.55. The van der Waals surface area contributed by atoms with Gasteiger partial charge in [-0.25, -0.2) is 4.98 Å². The van der Waals surface area contributed by atoms with Crippen molar-refractivity contribution in [1.29, 1.82) is 0 Å². The first-order chi connectivity index (χ1) is 8.08. The van der Waals surface area contributed by atoms with Gasteiger partial charge < -0.3 is 16.4 Å². The number of nitrogens with two attached hydrogens (primary N) is 2. The van der Waals surface area contributed by atoms with E-state index in [2.05, 4.69) is 16.8 Å². The van der Waals surface area contributed by atoms with Gasteiger partial charge in [-0.05, 0) is 24.5 Å². The number of anilines is 1. The Morgan fingerprint density at radius 3 is 3.00 bits per heavy atom. The summed E-state index contributed by atoms with van der Waals surface area (Å²) in [5, 5.41) is 0. The molecule has 0 saturated carbocycles. The molecule has 17 heavy (non-hydrogen) atoms. The molecule has 1 saturated heterocycles. The molecule has 0 spiro atoms. The van der Waals surface area contributed by atoms with Crippen LogP contribution in [0.5, 0.6) is 0 Å². The van der Waals surface area contributed by atoms with Gasteiger partial charge in [0.2, 0.25) is 5.91 Å². The number of hydrogen-bond acceptors (Lipinski definition) is 4. The highest BCUT2D eigenvalue weighted by molar-refractivity contribution is 5.93. The average molecular weight is 234 g/mol. The molecule has 2 rings (SSSR count). The minimum Gasteiger partial charge on any atom is -0.366 e. The van der Waals surface area contributed by atoms with Gasteiger partial charge in [0, 0.05) is 30.9 Å². The first-order valence-corrected chi connectivity index (χ1v) is 5.84. The molecule has 0 radical (unpaired) electrons. The largest absolute Gasteiger partial charge is 0.366 e. The van der Waals surface area contributed by atoms with Crippen molar-refractivity contribution < 1.29 is 4.79 Å². The Balaban J connectivity index is 2.17. The molecule has 0 aromatic carbocycles. The molecule has 1 aliphatic heterocycles. The van der Waals surface area contributed by atoms with Crippen molar-refractivity contribution in [3.8, 4) is 0 Å². The van der Waals surface area contributed by atoms with Crippen molar-refractivity contribution in [3.05, 3.63) is 23.9 Å². The summed E-state index contributed by atoms with van der Waals surface area (Å²) < 4.78 is 0. The number of carbonyl (C=O) groups excluding carboxylic acids is 1. The van der Waals surface area contributed by atoms with Crippen molar-refractivity contribution in [2.24, 2.45) is 17.4 Å². The number of nitrogens with zero attached hydrogens (tertiary/aromatic N) is 2. The van der Waals surface area contributed by atoms with Crippen LogP contribution in [0.3, 0.4) is 0 Å². The van der Waals surface area contributed by atoms with Crippen molar-refractivity contribution in [2.75, 3.05) is 18.0 Å². The third-order valence-electron chi connectivity index (χ3n) is 3.37. The maximum atomic E-state index is 11.1. The Kier molecular flexibility index (Phi) is 3.28. The minimum atomic E-state index is -0.427. The van der Waals surface area contributed by atoms with Gasteiger partial charge in [-0.2, -0.15) is 0 Å². The van der Waals surface area contributed by atoms with Crippen LogP contribution in [-0.4, -0.2) is 30.0 Å². The topological polar surface area (TPSA) is 85.2 Å². The second-order valence-electron chi connectivity index (χ2n) is 4.64. The smallest absolute Gasteiger partial charge is 0.248 e. The Morgan fingerprint density at radius 1 is 1.59 bits per heavy atom.